The molecule has 14 atom stereocenters. The van der Waals surface area contributed by atoms with Crippen molar-refractivity contribution in [2.24, 2.45) is 75.9 Å². The third kappa shape index (κ3) is 1.32. The second kappa shape index (κ2) is 5.09. The molecule has 10 rings (SSSR count). The van der Waals surface area contributed by atoms with Crippen LogP contribution in [0.1, 0.15) is 32.1 Å². The Hall–Kier alpha value is -1.55. The van der Waals surface area contributed by atoms with Crippen molar-refractivity contribution >= 4 is 5.97 Å². The fraction of sp³-hybridized carbons (Fsp3) is 0.750. The number of ether oxygens (including phenoxy) is 2. The van der Waals surface area contributed by atoms with Gasteiger partial charge in [0.2, 0.25) is 0 Å². The molecular formula is C28H32O4. The number of esters is 1. The zero-order chi connectivity index (χ0) is 21.2. The lowest BCUT2D eigenvalue weighted by Crippen LogP contribution is -2.74. The summed E-state index contributed by atoms with van der Waals surface area (Å²) < 4.78 is 12.3. The highest BCUT2D eigenvalue weighted by atomic mass is 16.5. The lowest BCUT2D eigenvalue weighted by Gasteiger charge is -2.63. The van der Waals surface area contributed by atoms with E-state index in [9.17, 15) is 9.90 Å². The van der Waals surface area contributed by atoms with Gasteiger partial charge in [0, 0.05) is 5.41 Å². The van der Waals surface area contributed by atoms with E-state index in [1.807, 2.05) is 30.3 Å². The number of carbonyl (C=O) groups is 1. The Morgan fingerprint density at radius 2 is 1.66 bits per heavy atom. The van der Waals surface area contributed by atoms with E-state index >= 15 is 0 Å². The van der Waals surface area contributed by atoms with Crippen LogP contribution in [0.15, 0.2) is 30.3 Å². The SMILES string of the molecule is COC(=O)[C@@]12[C@@H]3[C@@H]4CC[C@H]5[C@@H]4[C@@H]4[C@@H]3[C@@H]3[C@H]([C@H]6CCC[C@H]6[C@@H]31)[C@]4(COc1ccccc1)[C@@]52O. The lowest BCUT2D eigenvalue weighted by atomic mass is 9.42. The van der Waals surface area contributed by atoms with Crippen molar-refractivity contribution in [1.29, 1.82) is 0 Å². The molecule has 4 heteroatoms. The van der Waals surface area contributed by atoms with Crippen molar-refractivity contribution in [3.05, 3.63) is 30.3 Å². The van der Waals surface area contributed by atoms with Crippen LogP contribution in [0.3, 0.4) is 0 Å². The van der Waals surface area contributed by atoms with Crippen molar-refractivity contribution in [3.8, 4) is 5.75 Å². The first-order chi connectivity index (χ1) is 15.6. The topological polar surface area (TPSA) is 55.8 Å². The molecule has 0 unspecified atom stereocenters. The van der Waals surface area contributed by atoms with Crippen molar-refractivity contribution in [2.45, 2.75) is 37.7 Å². The molecule has 1 aromatic carbocycles. The number of methoxy groups -OCH3 is 1. The standard InChI is InChI=1S/C28H32O4/c1-31-25(29)27-22-15-9-5-8-14(15)21-19(22)20-23(27)16-10-11-17-18(16)24(20)26(21,28(17,27)30)12-32-13-6-3-2-4-7-13/h2-4,6-7,14-24,30H,5,8-12H2,1H3/t14-,15+,16+,17-,18+,19+,20+,21-,22-,23+,24+,26-,27-,28-/m0/s1. The van der Waals surface area contributed by atoms with Crippen molar-refractivity contribution in [2.75, 3.05) is 13.7 Å². The second-order valence-electron chi connectivity index (χ2n) is 12.7. The highest BCUT2D eigenvalue weighted by molar-refractivity contribution is 5.83. The van der Waals surface area contributed by atoms with Gasteiger partial charge in [0.05, 0.1) is 19.3 Å². The van der Waals surface area contributed by atoms with Gasteiger partial charge in [-0.1, -0.05) is 24.6 Å². The fourth-order valence-corrected chi connectivity index (χ4v) is 13.7. The van der Waals surface area contributed by atoms with E-state index in [0.29, 0.717) is 65.8 Å². The highest BCUT2D eigenvalue weighted by Crippen LogP contribution is 2.98. The number of fused-ring (bicyclic) bond motifs is 1. The summed E-state index contributed by atoms with van der Waals surface area (Å²) in [6, 6.07) is 10.2. The summed E-state index contributed by atoms with van der Waals surface area (Å²) in [5.41, 5.74) is -1.89. The average Bonchev–Trinajstić information content (AvgIpc) is 3.59. The van der Waals surface area contributed by atoms with Crippen molar-refractivity contribution in [3.63, 3.8) is 0 Å². The maximum Gasteiger partial charge on any atom is 0.315 e. The van der Waals surface area contributed by atoms with E-state index in [4.69, 9.17) is 9.47 Å². The first kappa shape index (κ1) is 17.9. The van der Waals surface area contributed by atoms with Crippen LogP contribution in [0.5, 0.6) is 5.75 Å². The second-order valence-corrected chi connectivity index (χ2v) is 12.7. The molecule has 9 bridgehead atoms. The van der Waals surface area contributed by atoms with Gasteiger partial charge in [0.15, 0.2) is 0 Å². The number of carbonyl (C=O) groups excluding carboxylic acids is 1. The zero-order valence-corrected chi connectivity index (χ0v) is 18.7. The van der Waals surface area contributed by atoms with E-state index in [0.717, 1.165) is 12.2 Å². The molecule has 9 aliphatic rings. The van der Waals surface area contributed by atoms with Gasteiger partial charge < -0.3 is 14.6 Å². The van der Waals surface area contributed by atoms with Crippen LogP contribution in [0.2, 0.25) is 0 Å². The van der Waals surface area contributed by atoms with Crippen molar-refractivity contribution in [1.82, 2.24) is 0 Å². The minimum absolute atomic E-state index is 0.0618. The van der Waals surface area contributed by atoms with Gasteiger partial charge in [-0.15, -0.1) is 0 Å². The minimum Gasteiger partial charge on any atom is -0.493 e. The number of aliphatic hydroxyl groups is 1. The van der Waals surface area contributed by atoms with Gasteiger partial charge in [0.1, 0.15) is 11.2 Å². The number of hydrogen-bond donors (Lipinski definition) is 1. The predicted octanol–water partition coefficient (Wildman–Crippen LogP) is 3.78. The molecule has 32 heavy (non-hydrogen) atoms. The number of hydrogen-bond acceptors (Lipinski definition) is 4. The first-order valence-corrected chi connectivity index (χ1v) is 13.1. The minimum atomic E-state index is -0.946. The molecule has 0 heterocycles. The third-order valence-electron chi connectivity index (χ3n) is 13.2. The average molecular weight is 433 g/mol. The summed E-state index contributed by atoms with van der Waals surface area (Å²) in [4.78, 5) is 14.0. The van der Waals surface area contributed by atoms with Crippen LogP contribution in [0.4, 0.5) is 0 Å². The molecule has 9 aliphatic carbocycles. The van der Waals surface area contributed by atoms with Crippen LogP contribution < -0.4 is 4.74 Å². The Labute approximate surface area is 189 Å². The van der Waals surface area contributed by atoms with Gasteiger partial charge in [-0.05, 0) is 103 Å². The molecule has 0 spiro atoms. The molecule has 9 saturated carbocycles. The van der Waals surface area contributed by atoms with Gasteiger partial charge in [-0.3, -0.25) is 4.79 Å². The highest BCUT2D eigenvalue weighted by Gasteiger charge is 3.02. The van der Waals surface area contributed by atoms with Gasteiger partial charge >= 0.3 is 5.97 Å². The maximum absolute atomic E-state index is 14.0. The van der Waals surface area contributed by atoms with E-state index in [-0.39, 0.29) is 17.3 Å². The molecule has 1 N–H and O–H groups in total. The molecule has 168 valence electrons. The first-order valence-electron chi connectivity index (χ1n) is 13.1. The summed E-state index contributed by atoms with van der Waals surface area (Å²) in [5, 5.41) is 13.2. The molecule has 4 nitrogen and oxygen atoms in total. The molecule has 0 radical (unpaired) electrons. The molecule has 0 aliphatic heterocycles. The molecule has 0 amide bonds. The van der Waals surface area contributed by atoms with Gasteiger partial charge in [0.25, 0.3) is 0 Å². The number of para-hydroxylation sites is 1. The summed E-state index contributed by atoms with van der Waals surface area (Å²) in [6.45, 7) is 0.580. The molecule has 0 saturated heterocycles. The van der Waals surface area contributed by atoms with E-state index in [1.165, 1.54) is 25.7 Å². The lowest BCUT2D eigenvalue weighted by molar-refractivity contribution is -0.271. The number of benzene rings is 1. The summed E-state index contributed by atoms with van der Waals surface area (Å²) in [7, 11) is 1.57. The molecule has 9 fully saturated rings. The van der Waals surface area contributed by atoms with Crippen LogP contribution in [0, 0.1) is 75.9 Å². The Bertz CT molecular complexity index is 1050. The van der Waals surface area contributed by atoms with Crippen LogP contribution in [-0.4, -0.2) is 30.4 Å². The quantitative estimate of drug-likeness (QED) is 0.736. The van der Waals surface area contributed by atoms with Crippen LogP contribution in [-0.2, 0) is 9.53 Å². The summed E-state index contributed by atoms with van der Waals surface area (Å²) in [6.07, 6.45) is 6.12. The Morgan fingerprint density at radius 1 is 0.938 bits per heavy atom. The monoisotopic (exact) mass is 432 g/mol. The largest absolute Gasteiger partial charge is 0.493 e. The Balaban J connectivity index is 1.32. The number of rotatable bonds is 4. The third-order valence-corrected chi connectivity index (χ3v) is 13.2. The van der Waals surface area contributed by atoms with E-state index < -0.39 is 11.0 Å². The van der Waals surface area contributed by atoms with Crippen LogP contribution >= 0.6 is 0 Å². The van der Waals surface area contributed by atoms with E-state index in [1.54, 1.807) is 7.11 Å². The van der Waals surface area contributed by atoms with E-state index in [2.05, 4.69) is 0 Å². The fourth-order valence-electron chi connectivity index (χ4n) is 13.7. The Kier molecular flexibility index (Phi) is 2.84. The predicted molar refractivity (Wildman–Crippen MR) is 115 cm³/mol. The van der Waals surface area contributed by atoms with Crippen molar-refractivity contribution < 1.29 is 19.4 Å². The van der Waals surface area contributed by atoms with Gasteiger partial charge in [-0.25, -0.2) is 0 Å². The normalized spacial score (nSPS) is 62.4. The molecule has 0 aromatic heterocycles. The Morgan fingerprint density at radius 3 is 2.44 bits per heavy atom. The molecular weight excluding hydrogens is 400 g/mol. The maximum atomic E-state index is 14.0. The van der Waals surface area contributed by atoms with Gasteiger partial charge in [-0.2, -0.15) is 0 Å². The smallest absolute Gasteiger partial charge is 0.315 e. The summed E-state index contributed by atoms with van der Waals surface area (Å²) >= 11 is 0. The zero-order valence-electron chi connectivity index (χ0n) is 18.7. The summed E-state index contributed by atoms with van der Waals surface area (Å²) in [5.74, 6) is 6.66. The molecule has 1 aromatic rings. The van der Waals surface area contributed by atoms with Crippen LogP contribution in [0.25, 0.3) is 0 Å².